The first-order valence-corrected chi connectivity index (χ1v) is 5.53. The van der Waals surface area contributed by atoms with Crippen molar-refractivity contribution in [1.82, 2.24) is 0 Å². The molecule has 0 aliphatic heterocycles. The van der Waals surface area contributed by atoms with Crippen LogP contribution in [0.3, 0.4) is 0 Å². The number of rotatable bonds is 0. The number of carbonyl (C=O) groups is 10. The molecular formula is C10H10Nb3O20. The van der Waals surface area contributed by atoms with Crippen LogP contribution in [0.5, 0.6) is 0 Å². The molecule has 0 heterocycles. The molecule has 0 aliphatic rings. The smallest absolute Gasteiger partial charge is 0.414 e. The Kier molecular flexibility index (Phi) is 49.1. The fourth-order valence-corrected chi connectivity index (χ4v) is 0. The molecule has 23 heteroatoms. The van der Waals surface area contributed by atoms with E-state index in [-0.39, 0.29) is 67.1 Å². The molecule has 0 atom stereocenters. The Morgan fingerprint density at radius 1 is 0.212 bits per heavy atom. The summed E-state index contributed by atoms with van der Waals surface area (Å²) in [5.74, 6) is -18.2. The Balaban J connectivity index is -0.0000000386. The van der Waals surface area contributed by atoms with Gasteiger partial charge in [-0.1, -0.05) is 0 Å². The summed E-state index contributed by atoms with van der Waals surface area (Å²) in [7, 11) is 0. The van der Waals surface area contributed by atoms with Gasteiger partial charge < -0.3 is 51.1 Å². The van der Waals surface area contributed by atoms with E-state index in [1.54, 1.807) is 0 Å². The van der Waals surface area contributed by atoms with Gasteiger partial charge in [0.25, 0.3) is 0 Å². The van der Waals surface area contributed by atoms with E-state index in [0.29, 0.717) is 0 Å². The minimum atomic E-state index is -1.82. The topological polar surface area (TPSA) is 373 Å². The zero-order chi connectivity index (χ0) is 25.8. The molecule has 0 aromatic heterocycles. The molecule has 20 nitrogen and oxygen atoms in total. The molecule has 0 aliphatic carbocycles. The standard InChI is InChI=1S/5C2H2O4.3Nb/c5*3-1(4)2(5)6;;;/h5*(H,3,4)(H,5,6);;;. The van der Waals surface area contributed by atoms with Crippen molar-refractivity contribution in [3.8, 4) is 0 Å². The Morgan fingerprint density at radius 2 is 0.242 bits per heavy atom. The number of hydrogen-bond acceptors (Lipinski definition) is 10. The average molecular weight is 729 g/mol. The molecule has 33 heavy (non-hydrogen) atoms. The van der Waals surface area contributed by atoms with E-state index in [1.165, 1.54) is 0 Å². The molecule has 0 unspecified atom stereocenters. The van der Waals surface area contributed by atoms with Gasteiger partial charge in [-0.15, -0.1) is 0 Å². The van der Waals surface area contributed by atoms with Gasteiger partial charge in [0.15, 0.2) is 0 Å². The van der Waals surface area contributed by atoms with Gasteiger partial charge in [0, 0.05) is 67.1 Å². The Labute approximate surface area is 225 Å². The molecule has 0 bridgehead atoms. The number of carboxylic acids is 10. The van der Waals surface area contributed by atoms with Crippen molar-refractivity contribution in [2.24, 2.45) is 0 Å². The summed E-state index contributed by atoms with van der Waals surface area (Å²) < 4.78 is 0. The molecule has 0 spiro atoms. The quantitative estimate of drug-likeness (QED) is 0.0834. The first-order valence-electron chi connectivity index (χ1n) is 5.53. The minimum absolute atomic E-state index is 0. The Morgan fingerprint density at radius 3 is 0.242 bits per heavy atom. The maximum absolute atomic E-state index is 9.10. The van der Waals surface area contributed by atoms with E-state index in [2.05, 4.69) is 0 Å². The number of hydrogen-bond donors (Lipinski definition) is 10. The maximum atomic E-state index is 9.10. The number of carboxylic acid groups (broad SMARTS) is 10. The van der Waals surface area contributed by atoms with E-state index in [0.717, 1.165) is 0 Å². The molecule has 0 aromatic rings. The molecule has 3 radical (unpaired) electrons. The van der Waals surface area contributed by atoms with E-state index in [4.69, 9.17) is 99.0 Å². The van der Waals surface area contributed by atoms with E-state index >= 15 is 0 Å². The van der Waals surface area contributed by atoms with Crippen molar-refractivity contribution in [2.45, 2.75) is 0 Å². The third-order valence-corrected chi connectivity index (χ3v) is 0.915. The van der Waals surface area contributed by atoms with Gasteiger partial charge in [0.2, 0.25) is 0 Å². The molecule has 185 valence electrons. The Hall–Kier alpha value is -3.08. The van der Waals surface area contributed by atoms with E-state index in [1.807, 2.05) is 0 Å². The minimum Gasteiger partial charge on any atom is -0.473 e. The van der Waals surface area contributed by atoms with Crippen molar-refractivity contribution < 1.29 is 166 Å². The van der Waals surface area contributed by atoms with Crippen LogP contribution in [0.15, 0.2) is 0 Å². The summed E-state index contributed by atoms with van der Waals surface area (Å²) in [4.78, 5) is 91.0. The van der Waals surface area contributed by atoms with Crippen LogP contribution in [0.2, 0.25) is 0 Å². The summed E-state index contributed by atoms with van der Waals surface area (Å²) >= 11 is 0. The first kappa shape index (κ1) is 52.1. The fourth-order valence-electron chi connectivity index (χ4n) is 0. The molecule has 0 aromatic carbocycles. The average Bonchev–Trinajstić information content (AvgIpc) is 2.56. The van der Waals surface area contributed by atoms with Gasteiger partial charge in [-0.25, -0.2) is 47.9 Å². The maximum Gasteiger partial charge on any atom is 0.414 e. The van der Waals surface area contributed by atoms with Crippen LogP contribution in [-0.2, 0) is 115 Å². The van der Waals surface area contributed by atoms with Crippen LogP contribution in [-0.4, -0.2) is 111 Å². The third kappa shape index (κ3) is 73.2. The fraction of sp³-hybridized carbons (Fsp3) is 0. The third-order valence-electron chi connectivity index (χ3n) is 0.915. The largest absolute Gasteiger partial charge is 0.473 e. The second-order valence-corrected chi connectivity index (χ2v) is 3.05. The zero-order valence-electron chi connectivity index (χ0n) is 14.9. The van der Waals surface area contributed by atoms with Crippen LogP contribution < -0.4 is 0 Å². The molecule has 10 N–H and O–H groups in total. The SMILES string of the molecule is O=C(O)C(=O)O.O=C(O)C(=O)O.O=C(O)C(=O)O.O=C(O)C(=O)O.O=C(O)C(=O)O.[Nb].[Nb].[Nb]. The van der Waals surface area contributed by atoms with Gasteiger partial charge >= 0.3 is 59.7 Å². The van der Waals surface area contributed by atoms with Crippen LogP contribution in [0.1, 0.15) is 0 Å². The molecular weight excluding hydrogens is 719 g/mol. The van der Waals surface area contributed by atoms with Crippen LogP contribution in [0, 0.1) is 0 Å². The molecule has 0 saturated heterocycles. The van der Waals surface area contributed by atoms with E-state index in [9.17, 15) is 0 Å². The monoisotopic (exact) mass is 729 g/mol. The summed E-state index contributed by atoms with van der Waals surface area (Å²) in [5.41, 5.74) is 0. The molecule has 0 amide bonds. The van der Waals surface area contributed by atoms with Gasteiger partial charge in [-0.2, -0.15) is 0 Å². The second kappa shape index (κ2) is 31.1. The van der Waals surface area contributed by atoms with Crippen molar-refractivity contribution in [1.29, 1.82) is 0 Å². The zero-order valence-corrected chi connectivity index (χ0v) is 21.5. The van der Waals surface area contributed by atoms with Gasteiger partial charge in [0.1, 0.15) is 0 Å². The Bertz CT molecular complexity index is 512. The van der Waals surface area contributed by atoms with Crippen molar-refractivity contribution in [3.05, 3.63) is 0 Å². The first-order chi connectivity index (χ1) is 13.2. The second-order valence-electron chi connectivity index (χ2n) is 3.05. The van der Waals surface area contributed by atoms with Crippen molar-refractivity contribution in [3.63, 3.8) is 0 Å². The summed E-state index contributed by atoms with van der Waals surface area (Å²) in [5, 5.41) is 73.9. The van der Waals surface area contributed by atoms with Gasteiger partial charge in [-0.3, -0.25) is 0 Å². The summed E-state index contributed by atoms with van der Waals surface area (Å²) in [6.45, 7) is 0. The predicted molar refractivity (Wildman–Crippen MR) is 76.4 cm³/mol. The van der Waals surface area contributed by atoms with Gasteiger partial charge in [-0.05, 0) is 0 Å². The van der Waals surface area contributed by atoms with E-state index < -0.39 is 59.7 Å². The summed E-state index contributed by atoms with van der Waals surface area (Å²) in [6.07, 6.45) is 0. The van der Waals surface area contributed by atoms with Crippen LogP contribution in [0.4, 0.5) is 0 Å². The van der Waals surface area contributed by atoms with Crippen molar-refractivity contribution >= 4 is 59.7 Å². The molecule has 0 rings (SSSR count). The molecule has 0 fully saturated rings. The number of aliphatic carboxylic acids is 10. The summed E-state index contributed by atoms with van der Waals surface area (Å²) in [6, 6.07) is 0. The predicted octanol–water partition coefficient (Wildman–Crippen LogP) is -4.23. The van der Waals surface area contributed by atoms with Gasteiger partial charge in [0.05, 0.1) is 0 Å². The molecule has 0 saturated carbocycles. The van der Waals surface area contributed by atoms with Crippen LogP contribution >= 0.6 is 0 Å². The normalized spacial score (nSPS) is 6.67. The van der Waals surface area contributed by atoms with Crippen molar-refractivity contribution in [2.75, 3.05) is 0 Å². The van der Waals surface area contributed by atoms with Crippen LogP contribution in [0.25, 0.3) is 0 Å².